The summed E-state index contributed by atoms with van der Waals surface area (Å²) in [5.74, 6) is -5.06. The highest BCUT2D eigenvalue weighted by atomic mass is 19.3. The molecular weight excluding hydrogens is 464 g/mol. The fourth-order valence-corrected chi connectivity index (χ4v) is 3.48. The Bertz CT molecular complexity index is 1100. The van der Waals surface area contributed by atoms with Gasteiger partial charge in [0.2, 0.25) is 5.91 Å². The highest BCUT2D eigenvalue weighted by Gasteiger charge is 2.41. The molecule has 0 bridgehead atoms. The second-order valence-electron chi connectivity index (χ2n) is 7.55. The number of hydrogen-bond donors (Lipinski definition) is 2. The number of aryl methyl sites for hydroxylation is 1. The second-order valence-corrected chi connectivity index (χ2v) is 7.55. The van der Waals surface area contributed by atoms with E-state index in [0.717, 1.165) is 23.1 Å². The van der Waals surface area contributed by atoms with Crippen LogP contribution < -0.4 is 10.1 Å². The largest absolute Gasteiger partial charge is 0.480 e. The molecule has 3 rings (SSSR count). The van der Waals surface area contributed by atoms with Crippen molar-refractivity contribution in [3.63, 3.8) is 0 Å². The van der Waals surface area contributed by atoms with Crippen LogP contribution in [0, 0.1) is 18.6 Å². The number of hydrogen-bond acceptors (Lipinski definition) is 5. The molecule has 1 saturated heterocycles. The first-order valence-electron chi connectivity index (χ1n) is 10.0. The minimum absolute atomic E-state index is 0.170. The maximum Gasteiger partial charge on any atom is 0.345 e. The minimum Gasteiger partial charge on any atom is -0.480 e. The summed E-state index contributed by atoms with van der Waals surface area (Å²) >= 11 is 0. The van der Waals surface area contributed by atoms with Crippen molar-refractivity contribution < 1.29 is 46.5 Å². The van der Waals surface area contributed by atoms with Crippen molar-refractivity contribution in [2.45, 2.75) is 32.1 Å². The number of rotatable bonds is 8. The zero-order valence-corrected chi connectivity index (χ0v) is 17.8. The van der Waals surface area contributed by atoms with Crippen LogP contribution in [0.2, 0.25) is 0 Å². The number of carboxylic acids is 1. The SMILES string of the molecule is Cc1ccc(Oc2cc(F)cc(C(=O)NCC(=O)N3C[C@H](OC(F)F)C[C@H]3C(=O)O)c2)c(F)c1. The number of carbonyl (C=O) groups is 3. The summed E-state index contributed by atoms with van der Waals surface area (Å²) in [5.41, 5.74) is 0.398. The van der Waals surface area contributed by atoms with Crippen LogP contribution in [0.5, 0.6) is 11.5 Å². The monoisotopic (exact) mass is 484 g/mol. The summed E-state index contributed by atoms with van der Waals surface area (Å²) < 4.78 is 62.5. The third-order valence-corrected chi connectivity index (χ3v) is 5.01. The van der Waals surface area contributed by atoms with Crippen LogP contribution in [0.1, 0.15) is 22.3 Å². The number of carbonyl (C=O) groups excluding carboxylic acids is 2. The Morgan fingerprint density at radius 1 is 1.18 bits per heavy atom. The molecule has 1 heterocycles. The van der Waals surface area contributed by atoms with Crippen molar-refractivity contribution in [1.29, 1.82) is 0 Å². The topological polar surface area (TPSA) is 105 Å². The molecule has 2 amide bonds. The van der Waals surface area contributed by atoms with Crippen LogP contribution in [-0.4, -0.2) is 59.6 Å². The van der Waals surface area contributed by atoms with E-state index in [-0.39, 0.29) is 23.5 Å². The van der Waals surface area contributed by atoms with Crippen molar-refractivity contribution >= 4 is 17.8 Å². The molecule has 0 saturated carbocycles. The van der Waals surface area contributed by atoms with Gasteiger partial charge < -0.3 is 24.8 Å². The zero-order valence-electron chi connectivity index (χ0n) is 17.8. The van der Waals surface area contributed by atoms with Gasteiger partial charge in [-0.3, -0.25) is 9.59 Å². The first kappa shape index (κ1) is 25.0. The summed E-state index contributed by atoms with van der Waals surface area (Å²) in [5, 5.41) is 11.5. The number of likely N-dealkylation sites (tertiary alicyclic amines) is 1. The lowest BCUT2D eigenvalue weighted by Crippen LogP contribution is -2.45. The van der Waals surface area contributed by atoms with Gasteiger partial charge in [0, 0.05) is 24.6 Å². The molecule has 1 fully saturated rings. The zero-order chi connectivity index (χ0) is 25.0. The first-order chi connectivity index (χ1) is 16.0. The van der Waals surface area contributed by atoms with Crippen molar-refractivity contribution in [1.82, 2.24) is 10.2 Å². The van der Waals surface area contributed by atoms with E-state index < -0.39 is 61.3 Å². The van der Waals surface area contributed by atoms with E-state index in [2.05, 4.69) is 10.1 Å². The van der Waals surface area contributed by atoms with Gasteiger partial charge in [-0.1, -0.05) is 6.07 Å². The standard InChI is InChI=1S/C22H20F4N2O6/c1-11-2-3-18(16(24)4-11)33-14-6-12(5-13(23)7-14)20(30)27-9-19(29)28-10-15(34-22(25)26)8-17(28)21(31)32/h2-7,15,17,22H,8-10H2,1H3,(H,27,30)(H,31,32)/t15-,17+/m1/s1. The number of amides is 2. The van der Waals surface area contributed by atoms with Crippen LogP contribution in [-0.2, 0) is 14.3 Å². The number of nitrogens with zero attached hydrogens (tertiary/aromatic N) is 1. The molecule has 2 atom stereocenters. The molecule has 1 aliphatic rings. The van der Waals surface area contributed by atoms with E-state index in [9.17, 15) is 37.1 Å². The minimum atomic E-state index is -3.13. The lowest BCUT2D eigenvalue weighted by Gasteiger charge is -2.21. The van der Waals surface area contributed by atoms with E-state index in [4.69, 9.17) is 4.74 Å². The maximum absolute atomic E-state index is 14.0. The number of aliphatic carboxylic acids is 1. The van der Waals surface area contributed by atoms with Crippen LogP contribution in [0.4, 0.5) is 17.6 Å². The van der Waals surface area contributed by atoms with Crippen LogP contribution in [0.3, 0.4) is 0 Å². The van der Waals surface area contributed by atoms with Gasteiger partial charge >= 0.3 is 12.6 Å². The number of ether oxygens (including phenoxy) is 2. The van der Waals surface area contributed by atoms with Gasteiger partial charge in [-0.15, -0.1) is 0 Å². The number of carboxylic acid groups (broad SMARTS) is 1. The number of nitrogens with one attached hydrogen (secondary N) is 1. The summed E-state index contributed by atoms with van der Waals surface area (Å²) in [7, 11) is 0. The van der Waals surface area contributed by atoms with Crippen LogP contribution >= 0.6 is 0 Å². The second kappa shape index (κ2) is 10.5. The lowest BCUT2D eigenvalue weighted by molar-refractivity contribution is -0.160. The van der Waals surface area contributed by atoms with E-state index >= 15 is 0 Å². The van der Waals surface area contributed by atoms with Crippen molar-refractivity contribution in [2.24, 2.45) is 0 Å². The highest BCUT2D eigenvalue weighted by molar-refractivity contribution is 5.97. The molecule has 12 heteroatoms. The normalized spacial score (nSPS) is 17.6. The van der Waals surface area contributed by atoms with Crippen molar-refractivity contribution in [3.8, 4) is 11.5 Å². The third kappa shape index (κ3) is 6.22. The fourth-order valence-electron chi connectivity index (χ4n) is 3.48. The lowest BCUT2D eigenvalue weighted by atomic mass is 10.2. The molecule has 2 N–H and O–H groups in total. The Kier molecular flexibility index (Phi) is 7.72. The maximum atomic E-state index is 14.0. The van der Waals surface area contributed by atoms with Crippen molar-refractivity contribution in [2.75, 3.05) is 13.1 Å². The summed E-state index contributed by atoms with van der Waals surface area (Å²) in [6.07, 6.45) is -1.51. The van der Waals surface area contributed by atoms with Gasteiger partial charge in [-0.25, -0.2) is 13.6 Å². The van der Waals surface area contributed by atoms with Gasteiger partial charge in [0.15, 0.2) is 11.6 Å². The Morgan fingerprint density at radius 3 is 2.56 bits per heavy atom. The molecule has 0 unspecified atom stereocenters. The Balaban J connectivity index is 1.66. The predicted molar refractivity (Wildman–Crippen MR) is 109 cm³/mol. The molecule has 0 aliphatic carbocycles. The highest BCUT2D eigenvalue weighted by Crippen LogP contribution is 2.27. The first-order valence-corrected chi connectivity index (χ1v) is 10.0. The summed E-state index contributed by atoms with van der Waals surface area (Å²) in [4.78, 5) is 37.1. The van der Waals surface area contributed by atoms with Gasteiger partial charge in [0.1, 0.15) is 17.6 Å². The Hall–Kier alpha value is -3.67. The van der Waals surface area contributed by atoms with Gasteiger partial charge in [-0.05, 0) is 36.8 Å². The smallest absolute Gasteiger partial charge is 0.345 e. The Labute approximate surface area is 191 Å². The summed E-state index contributed by atoms with van der Waals surface area (Å²) in [6, 6.07) is 5.67. The van der Waals surface area contributed by atoms with Gasteiger partial charge in [-0.2, -0.15) is 8.78 Å². The molecule has 182 valence electrons. The number of alkyl halides is 2. The third-order valence-electron chi connectivity index (χ3n) is 5.01. The average molecular weight is 484 g/mol. The van der Waals surface area contributed by atoms with E-state index in [1.54, 1.807) is 13.0 Å². The molecule has 0 radical (unpaired) electrons. The van der Waals surface area contributed by atoms with Crippen LogP contribution in [0.25, 0.3) is 0 Å². The fraction of sp³-hybridized carbons (Fsp3) is 0.318. The van der Waals surface area contributed by atoms with E-state index in [0.29, 0.717) is 5.56 Å². The van der Waals surface area contributed by atoms with Gasteiger partial charge in [0.25, 0.3) is 5.91 Å². The quantitative estimate of drug-likeness (QED) is 0.558. The van der Waals surface area contributed by atoms with Crippen molar-refractivity contribution in [3.05, 3.63) is 59.2 Å². The molecule has 8 nitrogen and oxygen atoms in total. The molecule has 0 spiro atoms. The summed E-state index contributed by atoms with van der Waals surface area (Å²) in [6.45, 7) is -2.53. The van der Waals surface area contributed by atoms with Crippen LogP contribution in [0.15, 0.2) is 36.4 Å². The predicted octanol–water partition coefficient (Wildman–Crippen LogP) is 3.09. The number of benzene rings is 2. The van der Waals surface area contributed by atoms with E-state index in [1.165, 1.54) is 12.1 Å². The molecule has 2 aromatic carbocycles. The molecular formula is C22H20F4N2O6. The molecule has 0 aromatic heterocycles. The number of halogens is 4. The van der Waals surface area contributed by atoms with Gasteiger partial charge in [0.05, 0.1) is 12.6 Å². The average Bonchev–Trinajstić information content (AvgIpc) is 3.17. The molecule has 1 aliphatic heterocycles. The molecule has 34 heavy (non-hydrogen) atoms. The Morgan fingerprint density at radius 2 is 1.91 bits per heavy atom. The molecule has 2 aromatic rings. The van der Waals surface area contributed by atoms with E-state index in [1.807, 2.05) is 0 Å².